The maximum atomic E-state index is 13.8. The van der Waals surface area contributed by atoms with Gasteiger partial charge in [-0.05, 0) is 72.4 Å². The number of benzene rings is 1. The standard InChI is InChI=1S/C29H42N4O4/c1-28(2,3)30-27(35)32-15-13-18(14-16-32)33-26(34)21-10-8-7-9-19(21)24(31-33)20-11-12-23(36-6)25-22(20)17-29(4,5)37-25/h11-12,18-19,21H,7-10,13-17H2,1-6H3,(H,30,35). The fourth-order valence-corrected chi connectivity index (χ4v) is 6.42. The predicted octanol–water partition coefficient (Wildman–Crippen LogP) is 4.73. The van der Waals surface area contributed by atoms with Crippen molar-refractivity contribution >= 4 is 17.6 Å². The Labute approximate surface area is 220 Å². The van der Waals surface area contributed by atoms with Gasteiger partial charge in [-0.15, -0.1) is 0 Å². The summed E-state index contributed by atoms with van der Waals surface area (Å²) in [5.41, 5.74) is 2.66. The number of rotatable bonds is 3. The Morgan fingerprint density at radius 2 is 1.78 bits per heavy atom. The molecular weight excluding hydrogens is 468 g/mol. The molecule has 8 nitrogen and oxygen atoms in total. The smallest absolute Gasteiger partial charge is 0.317 e. The van der Waals surface area contributed by atoms with Crippen LogP contribution in [0.2, 0.25) is 0 Å². The lowest BCUT2D eigenvalue weighted by molar-refractivity contribution is -0.142. The van der Waals surface area contributed by atoms with Gasteiger partial charge in [0.2, 0.25) is 5.91 Å². The molecule has 0 radical (unpaired) electrons. The molecule has 1 saturated carbocycles. The molecule has 1 aromatic carbocycles. The highest BCUT2D eigenvalue weighted by Gasteiger charge is 2.45. The minimum Gasteiger partial charge on any atom is -0.493 e. The van der Waals surface area contributed by atoms with Gasteiger partial charge in [0.1, 0.15) is 5.60 Å². The van der Waals surface area contributed by atoms with Crippen molar-refractivity contribution in [2.45, 2.75) is 96.7 Å². The number of hydrogen-bond donors (Lipinski definition) is 1. The average Bonchev–Trinajstić information content (AvgIpc) is 3.18. The number of carbonyl (C=O) groups excluding carboxylic acids is 2. The number of likely N-dealkylation sites (tertiary alicyclic amines) is 1. The number of fused-ring (bicyclic) bond motifs is 2. The molecule has 5 rings (SSSR count). The molecule has 4 aliphatic rings. The van der Waals surface area contributed by atoms with Crippen molar-refractivity contribution in [3.63, 3.8) is 0 Å². The quantitative estimate of drug-likeness (QED) is 0.637. The van der Waals surface area contributed by atoms with Crippen molar-refractivity contribution in [2.24, 2.45) is 16.9 Å². The zero-order valence-corrected chi connectivity index (χ0v) is 23.2. The second-order valence-electron chi connectivity index (χ2n) is 12.7. The van der Waals surface area contributed by atoms with Crippen LogP contribution >= 0.6 is 0 Å². The van der Waals surface area contributed by atoms with E-state index in [1.54, 1.807) is 12.1 Å². The van der Waals surface area contributed by atoms with Crippen molar-refractivity contribution in [2.75, 3.05) is 20.2 Å². The summed E-state index contributed by atoms with van der Waals surface area (Å²) in [5, 5.41) is 9.98. The highest BCUT2D eigenvalue weighted by Crippen LogP contribution is 2.46. The van der Waals surface area contributed by atoms with Gasteiger partial charge >= 0.3 is 6.03 Å². The number of ether oxygens (including phenoxy) is 2. The van der Waals surface area contributed by atoms with Crippen LogP contribution in [0, 0.1) is 11.8 Å². The maximum absolute atomic E-state index is 13.8. The molecule has 3 aliphatic heterocycles. The molecule has 2 fully saturated rings. The summed E-state index contributed by atoms with van der Waals surface area (Å²) in [6.45, 7) is 11.4. The van der Waals surface area contributed by atoms with Crippen LogP contribution in [-0.4, -0.2) is 64.9 Å². The van der Waals surface area contributed by atoms with E-state index in [9.17, 15) is 9.59 Å². The lowest BCUT2D eigenvalue weighted by Gasteiger charge is -2.43. The van der Waals surface area contributed by atoms with Gasteiger partial charge in [0.15, 0.2) is 11.5 Å². The Bertz CT molecular complexity index is 1100. The molecule has 2 atom stereocenters. The summed E-state index contributed by atoms with van der Waals surface area (Å²) >= 11 is 0. The van der Waals surface area contributed by atoms with Crippen LogP contribution in [0.4, 0.5) is 4.79 Å². The number of hydrazone groups is 1. The molecule has 0 spiro atoms. The van der Waals surface area contributed by atoms with E-state index < -0.39 is 0 Å². The molecule has 1 aromatic rings. The second kappa shape index (κ2) is 9.52. The van der Waals surface area contributed by atoms with E-state index in [4.69, 9.17) is 14.6 Å². The monoisotopic (exact) mass is 510 g/mol. The normalized spacial score (nSPS) is 25.7. The van der Waals surface area contributed by atoms with Gasteiger partial charge in [0, 0.05) is 48.0 Å². The highest BCUT2D eigenvalue weighted by molar-refractivity contribution is 6.08. The van der Waals surface area contributed by atoms with Crippen LogP contribution in [0.3, 0.4) is 0 Å². The summed E-state index contributed by atoms with van der Waals surface area (Å²) < 4.78 is 11.9. The minimum atomic E-state index is -0.317. The first kappa shape index (κ1) is 25.9. The second-order valence-corrected chi connectivity index (χ2v) is 12.7. The molecular formula is C29H42N4O4. The van der Waals surface area contributed by atoms with Gasteiger partial charge in [-0.1, -0.05) is 12.8 Å². The zero-order chi connectivity index (χ0) is 26.5. The number of hydrogen-bond acceptors (Lipinski definition) is 5. The third-order valence-electron chi connectivity index (χ3n) is 8.16. The van der Waals surface area contributed by atoms with E-state index in [1.165, 1.54) is 0 Å². The Balaban J connectivity index is 1.45. The first-order valence-corrected chi connectivity index (χ1v) is 13.9. The Morgan fingerprint density at radius 1 is 1.11 bits per heavy atom. The molecule has 3 heterocycles. The molecule has 0 aromatic heterocycles. The fraction of sp³-hybridized carbons (Fsp3) is 0.690. The van der Waals surface area contributed by atoms with E-state index in [2.05, 4.69) is 25.2 Å². The number of urea groups is 1. The molecule has 8 heteroatoms. The number of nitrogens with one attached hydrogen (secondary N) is 1. The van der Waals surface area contributed by atoms with Gasteiger partial charge < -0.3 is 19.7 Å². The van der Waals surface area contributed by atoms with E-state index in [-0.39, 0.29) is 41.0 Å². The molecule has 1 aliphatic carbocycles. The first-order valence-electron chi connectivity index (χ1n) is 13.9. The van der Waals surface area contributed by atoms with E-state index in [1.807, 2.05) is 31.7 Å². The summed E-state index contributed by atoms with van der Waals surface area (Å²) in [6, 6.07) is 4.05. The van der Waals surface area contributed by atoms with Gasteiger partial charge in [0.25, 0.3) is 0 Å². The lowest BCUT2D eigenvalue weighted by Crippen LogP contribution is -2.55. The Morgan fingerprint density at radius 3 is 2.43 bits per heavy atom. The number of piperidine rings is 1. The number of amides is 3. The third kappa shape index (κ3) is 5.04. The summed E-state index contributed by atoms with van der Waals surface area (Å²) in [5.74, 6) is 1.82. The van der Waals surface area contributed by atoms with E-state index >= 15 is 0 Å². The highest BCUT2D eigenvalue weighted by atomic mass is 16.5. The van der Waals surface area contributed by atoms with Crippen LogP contribution in [0.1, 0.15) is 84.3 Å². The molecule has 0 bridgehead atoms. The molecule has 1 N–H and O–H groups in total. The van der Waals surface area contributed by atoms with Crippen molar-refractivity contribution in [3.05, 3.63) is 23.3 Å². The van der Waals surface area contributed by atoms with E-state index in [0.717, 1.165) is 73.3 Å². The van der Waals surface area contributed by atoms with Crippen molar-refractivity contribution < 1.29 is 19.1 Å². The molecule has 1 saturated heterocycles. The third-order valence-corrected chi connectivity index (χ3v) is 8.16. The minimum absolute atomic E-state index is 0.00283. The number of nitrogens with zero attached hydrogens (tertiary/aromatic N) is 3. The van der Waals surface area contributed by atoms with Crippen LogP contribution in [-0.2, 0) is 11.2 Å². The SMILES string of the molecule is COc1ccc(C2=NN(C3CCN(C(=O)NC(C)(C)C)CC3)C(=O)C3CCCCC23)c2c1OC(C)(C)C2. The van der Waals surface area contributed by atoms with Crippen LogP contribution in [0.5, 0.6) is 11.5 Å². The zero-order valence-electron chi connectivity index (χ0n) is 23.2. The maximum Gasteiger partial charge on any atom is 0.317 e. The van der Waals surface area contributed by atoms with Gasteiger partial charge in [-0.3, -0.25) is 4.79 Å². The first-order chi connectivity index (χ1) is 17.5. The fourth-order valence-electron chi connectivity index (χ4n) is 6.42. The van der Waals surface area contributed by atoms with Crippen molar-refractivity contribution in [1.29, 1.82) is 0 Å². The number of carbonyl (C=O) groups is 2. The molecule has 2 unspecified atom stereocenters. The van der Waals surface area contributed by atoms with Crippen molar-refractivity contribution in [1.82, 2.24) is 15.2 Å². The molecule has 37 heavy (non-hydrogen) atoms. The average molecular weight is 511 g/mol. The topological polar surface area (TPSA) is 83.5 Å². The van der Waals surface area contributed by atoms with Gasteiger partial charge in [-0.25, -0.2) is 9.80 Å². The van der Waals surface area contributed by atoms with Crippen LogP contribution < -0.4 is 14.8 Å². The van der Waals surface area contributed by atoms with Gasteiger partial charge in [-0.2, -0.15) is 5.10 Å². The lowest BCUT2D eigenvalue weighted by atomic mass is 9.72. The number of methoxy groups -OCH3 is 1. The van der Waals surface area contributed by atoms with Gasteiger partial charge in [0.05, 0.1) is 18.9 Å². The van der Waals surface area contributed by atoms with Crippen molar-refractivity contribution in [3.8, 4) is 11.5 Å². The summed E-state index contributed by atoms with van der Waals surface area (Å²) in [7, 11) is 1.67. The predicted molar refractivity (Wildman–Crippen MR) is 143 cm³/mol. The van der Waals surface area contributed by atoms with Crippen LogP contribution in [0.15, 0.2) is 17.2 Å². The van der Waals surface area contributed by atoms with E-state index in [0.29, 0.717) is 13.1 Å². The largest absolute Gasteiger partial charge is 0.493 e. The summed E-state index contributed by atoms with van der Waals surface area (Å²) in [6.07, 6.45) is 6.33. The Kier molecular flexibility index (Phi) is 6.65. The molecule has 3 amide bonds. The molecule has 202 valence electrons. The summed E-state index contributed by atoms with van der Waals surface area (Å²) in [4.78, 5) is 28.3. The Hall–Kier alpha value is -2.77. The van der Waals surface area contributed by atoms with Crippen LogP contribution in [0.25, 0.3) is 0 Å².